The molecule has 0 aromatic heterocycles. The van der Waals surface area contributed by atoms with Gasteiger partial charge in [0.1, 0.15) is 5.38 Å². The van der Waals surface area contributed by atoms with E-state index in [0.29, 0.717) is 32.4 Å². The first-order valence-electron chi connectivity index (χ1n) is 5.67. The van der Waals surface area contributed by atoms with Crippen LogP contribution >= 0.6 is 11.6 Å². The number of hydrogen-bond donors (Lipinski definition) is 0. The Morgan fingerprint density at radius 1 is 1.50 bits per heavy atom. The summed E-state index contributed by atoms with van der Waals surface area (Å²) in [6.07, 6.45) is 1.30. The zero-order valence-corrected chi connectivity index (χ0v) is 10.4. The van der Waals surface area contributed by atoms with Crippen LogP contribution in [-0.4, -0.2) is 35.2 Å². The van der Waals surface area contributed by atoms with Crippen LogP contribution in [0.5, 0.6) is 0 Å². The summed E-state index contributed by atoms with van der Waals surface area (Å²) in [4.78, 5) is 13.3. The molecular formula is C11H18ClF2NO. The Morgan fingerprint density at radius 3 is 2.38 bits per heavy atom. The highest BCUT2D eigenvalue weighted by Gasteiger charge is 2.37. The van der Waals surface area contributed by atoms with Gasteiger partial charge in [-0.2, -0.15) is 0 Å². The van der Waals surface area contributed by atoms with Crippen LogP contribution in [0.15, 0.2) is 0 Å². The molecule has 5 heteroatoms. The third-order valence-corrected chi connectivity index (χ3v) is 3.65. The van der Waals surface area contributed by atoms with E-state index in [2.05, 4.69) is 0 Å². The van der Waals surface area contributed by atoms with Gasteiger partial charge in [-0.25, -0.2) is 8.78 Å². The fourth-order valence-corrected chi connectivity index (χ4v) is 2.12. The van der Waals surface area contributed by atoms with Crippen molar-refractivity contribution < 1.29 is 13.6 Å². The summed E-state index contributed by atoms with van der Waals surface area (Å²) in [6.45, 7) is 3.58. The molecule has 16 heavy (non-hydrogen) atoms. The van der Waals surface area contributed by atoms with E-state index in [-0.39, 0.29) is 5.91 Å². The molecule has 1 fully saturated rings. The number of hydrogen-bond acceptors (Lipinski definition) is 1. The lowest BCUT2D eigenvalue weighted by Crippen LogP contribution is -2.45. The summed E-state index contributed by atoms with van der Waals surface area (Å²) in [5, 5.41) is -0.515. The van der Waals surface area contributed by atoms with Gasteiger partial charge in [0, 0.05) is 19.0 Å². The maximum atomic E-state index is 13.0. The van der Waals surface area contributed by atoms with Crippen LogP contribution < -0.4 is 0 Å². The van der Waals surface area contributed by atoms with Crippen LogP contribution in [0.3, 0.4) is 0 Å². The summed E-state index contributed by atoms with van der Waals surface area (Å²) in [6, 6.07) is 0. The molecule has 1 rings (SSSR count). The number of halogens is 3. The monoisotopic (exact) mass is 253 g/mol. The largest absolute Gasteiger partial charge is 0.341 e. The first-order chi connectivity index (χ1) is 7.36. The van der Waals surface area contributed by atoms with Gasteiger partial charge in [-0.1, -0.05) is 6.92 Å². The number of amides is 1. The number of nitrogens with zero attached hydrogens (tertiary/aromatic N) is 1. The predicted molar refractivity (Wildman–Crippen MR) is 59.9 cm³/mol. The van der Waals surface area contributed by atoms with Crippen molar-refractivity contribution in [2.24, 2.45) is 5.92 Å². The molecule has 0 aliphatic carbocycles. The quantitative estimate of drug-likeness (QED) is 0.709. The maximum Gasteiger partial charge on any atom is 0.248 e. The van der Waals surface area contributed by atoms with Crippen LogP contribution in [0, 0.1) is 5.92 Å². The fourth-order valence-electron chi connectivity index (χ4n) is 1.98. The average molecular weight is 254 g/mol. The molecule has 1 atom stereocenters. The van der Waals surface area contributed by atoms with Crippen molar-refractivity contribution in [3.63, 3.8) is 0 Å². The normalized spacial score (nSPS) is 20.9. The molecule has 0 N–H and O–H groups in total. The van der Waals surface area contributed by atoms with Crippen molar-refractivity contribution in [1.82, 2.24) is 4.90 Å². The Bertz CT molecular complexity index is 247. The maximum absolute atomic E-state index is 13.0. The van der Waals surface area contributed by atoms with Crippen molar-refractivity contribution in [2.45, 2.75) is 44.4 Å². The molecule has 0 aromatic carbocycles. The van der Waals surface area contributed by atoms with Crippen LogP contribution in [0.1, 0.15) is 33.1 Å². The lowest BCUT2D eigenvalue weighted by atomic mass is 9.91. The van der Waals surface area contributed by atoms with Gasteiger partial charge >= 0.3 is 0 Å². The van der Waals surface area contributed by atoms with Gasteiger partial charge in [0.15, 0.2) is 0 Å². The molecule has 1 aliphatic heterocycles. The highest BCUT2D eigenvalue weighted by molar-refractivity contribution is 6.30. The van der Waals surface area contributed by atoms with Crippen LogP contribution in [-0.2, 0) is 4.79 Å². The second kappa shape index (κ2) is 5.30. The molecule has 1 aliphatic rings. The topological polar surface area (TPSA) is 20.3 Å². The Hall–Kier alpha value is -0.380. The zero-order chi connectivity index (χ0) is 12.3. The molecular weight excluding hydrogens is 236 g/mol. The minimum Gasteiger partial charge on any atom is -0.341 e. The van der Waals surface area contributed by atoms with E-state index in [0.717, 1.165) is 6.92 Å². The van der Waals surface area contributed by atoms with Gasteiger partial charge in [-0.05, 0) is 26.2 Å². The van der Waals surface area contributed by atoms with E-state index < -0.39 is 17.2 Å². The van der Waals surface area contributed by atoms with Crippen molar-refractivity contribution in [1.29, 1.82) is 0 Å². The predicted octanol–water partition coefficient (Wildman–Crippen LogP) is 2.90. The number of likely N-dealkylation sites (tertiary alicyclic amines) is 1. The lowest BCUT2D eigenvalue weighted by molar-refractivity contribution is -0.135. The summed E-state index contributed by atoms with van der Waals surface area (Å²) in [5.41, 5.74) is 0. The highest BCUT2D eigenvalue weighted by Crippen LogP contribution is 2.32. The Labute approximate surface area is 99.9 Å². The molecule has 0 radical (unpaired) electrons. The average Bonchev–Trinajstić information content (AvgIpc) is 2.26. The smallest absolute Gasteiger partial charge is 0.248 e. The van der Waals surface area contributed by atoms with Crippen molar-refractivity contribution in [2.75, 3.05) is 13.1 Å². The summed E-state index contributed by atoms with van der Waals surface area (Å²) in [7, 11) is 0. The van der Waals surface area contributed by atoms with Gasteiger partial charge in [0.05, 0.1) is 0 Å². The van der Waals surface area contributed by atoms with Gasteiger partial charge in [-0.15, -0.1) is 11.6 Å². The van der Waals surface area contributed by atoms with E-state index in [1.54, 1.807) is 4.90 Å². The first kappa shape index (κ1) is 13.7. The second-order valence-corrected chi connectivity index (χ2v) is 4.96. The first-order valence-corrected chi connectivity index (χ1v) is 6.10. The number of carbonyl (C=O) groups is 1. The third-order valence-electron chi connectivity index (χ3n) is 3.15. The highest BCUT2D eigenvalue weighted by atomic mass is 35.5. The number of rotatable bonds is 3. The Morgan fingerprint density at radius 2 is 2.00 bits per heavy atom. The molecule has 94 valence electrons. The molecule has 1 saturated heterocycles. The molecule has 1 heterocycles. The van der Waals surface area contributed by atoms with Crippen LogP contribution in [0.25, 0.3) is 0 Å². The zero-order valence-electron chi connectivity index (χ0n) is 9.68. The van der Waals surface area contributed by atoms with Crippen LogP contribution in [0.2, 0.25) is 0 Å². The Kier molecular flexibility index (Phi) is 4.53. The molecule has 1 amide bonds. The summed E-state index contributed by atoms with van der Waals surface area (Å²) >= 11 is 5.84. The fraction of sp³-hybridized carbons (Fsp3) is 0.909. The molecule has 0 bridgehead atoms. The van der Waals surface area contributed by atoms with E-state index in [1.807, 2.05) is 6.92 Å². The summed E-state index contributed by atoms with van der Waals surface area (Å²) < 4.78 is 26.1. The second-order valence-electron chi connectivity index (χ2n) is 4.43. The third kappa shape index (κ3) is 3.30. The minimum absolute atomic E-state index is 0.123. The van der Waals surface area contributed by atoms with Gasteiger partial charge in [-0.3, -0.25) is 4.79 Å². The molecule has 0 unspecified atom stereocenters. The molecule has 0 aromatic rings. The molecule has 0 saturated carbocycles. The van der Waals surface area contributed by atoms with Crippen molar-refractivity contribution >= 4 is 17.5 Å². The number of carbonyl (C=O) groups excluding carboxylic acids is 1. The molecule has 2 nitrogen and oxygen atoms in total. The van der Waals surface area contributed by atoms with Crippen molar-refractivity contribution in [3.05, 3.63) is 0 Å². The number of piperidine rings is 1. The SMILES string of the molecule is CC[C@H](Cl)C(=O)N1CCC(C(C)(F)F)CC1. The standard InChI is InChI=1S/C11H18ClF2NO/c1-3-9(12)10(16)15-6-4-8(5-7-15)11(2,13)14/h8-9H,3-7H2,1-2H3/t9-/m0/s1. The summed E-state index contributed by atoms with van der Waals surface area (Å²) in [5.74, 6) is -3.37. The van der Waals surface area contributed by atoms with E-state index in [1.165, 1.54) is 0 Å². The van der Waals surface area contributed by atoms with Gasteiger partial charge in [0.2, 0.25) is 11.8 Å². The Balaban J connectivity index is 2.46. The van der Waals surface area contributed by atoms with E-state index in [9.17, 15) is 13.6 Å². The van der Waals surface area contributed by atoms with Gasteiger partial charge < -0.3 is 4.90 Å². The lowest BCUT2D eigenvalue weighted by Gasteiger charge is -2.35. The minimum atomic E-state index is -2.64. The van der Waals surface area contributed by atoms with Crippen LogP contribution in [0.4, 0.5) is 8.78 Å². The van der Waals surface area contributed by atoms with E-state index in [4.69, 9.17) is 11.6 Å². The number of alkyl halides is 3. The molecule has 0 spiro atoms. The van der Waals surface area contributed by atoms with E-state index >= 15 is 0 Å². The van der Waals surface area contributed by atoms with Gasteiger partial charge in [0.25, 0.3) is 0 Å². The van der Waals surface area contributed by atoms with Crippen molar-refractivity contribution in [3.8, 4) is 0 Å².